The van der Waals surface area contributed by atoms with E-state index in [1.807, 2.05) is 0 Å². The van der Waals surface area contributed by atoms with Crippen molar-refractivity contribution in [3.05, 3.63) is 11.6 Å². The van der Waals surface area contributed by atoms with E-state index >= 15 is 0 Å². The highest BCUT2D eigenvalue weighted by atomic mass is 19.1. The van der Waals surface area contributed by atoms with Crippen molar-refractivity contribution in [2.75, 3.05) is 13.2 Å². The number of carbonyl (C=O) groups excluding carboxylic acids is 1. The van der Waals surface area contributed by atoms with Crippen LogP contribution in [0.5, 0.6) is 0 Å². The molecule has 0 aromatic rings. The van der Waals surface area contributed by atoms with Gasteiger partial charge in [0.25, 0.3) is 0 Å². The van der Waals surface area contributed by atoms with Crippen LogP contribution >= 0.6 is 0 Å². The minimum atomic E-state index is -1.26. The molecule has 26 heavy (non-hydrogen) atoms. The summed E-state index contributed by atoms with van der Waals surface area (Å²) in [7, 11) is 0. The highest BCUT2D eigenvalue weighted by molar-refractivity contribution is 5.81. The van der Waals surface area contributed by atoms with Crippen LogP contribution in [-0.2, 0) is 9.53 Å². The van der Waals surface area contributed by atoms with E-state index in [-0.39, 0.29) is 23.9 Å². The Morgan fingerprint density at radius 1 is 1.23 bits per heavy atom. The summed E-state index contributed by atoms with van der Waals surface area (Å²) >= 11 is 0. The molecule has 0 aromatic carbocycles. The second kappa shape index (κ2) is 7.55. The summed E-state index contributed by atoms with van der Waals surface area (Å²) in [6.07, 6.45) is 4.41. The Labute approximate surface area is 154 Å². The maximum Gasteiger partial charge on any atom is 0.226 e. The van der Waals surface area contributed by atoms with Gasteiger partial charge in [0.1, 0.15) is 24.6 Å². The quantitative estimate of drug-likeness (QED) is 0.779. The molecule has 2 aliphatic heterocycles. The number of nitrogens with one attached hydrogen (secondary N) is 1. The lowest BCUT2D eigenvalue weighted by Crippen LogP contribution is -2.61. The SMILES string of the molecule is CCOC1C(F)CC(/C=C2/CCN3C2NC(=O)C2CCCCC23)CC1F. The minimum absolute atomic E-state index is 0.0670. The van der Waals surface area contributed by atoms with E-state index in [0.717, 1.165) is 37.8 Å². The second-order valence-electron chi connectivity index (χ2n) is 8.28. The van der Waals surface area contributed by atoms with Crippen LogP contribution in [0.1, 0.15) is 51.9 Å². The zero-order chi connectivity index (χ0) is 18.3. The van der Waals surface area contributed by atoms with Gasteiger partial charge in [0.15, 0.2) is 0 Å². The van der Waals surface area contributed by atoms with Crippen LogP contribution in [0.3, 0.4) is 0 Å². The Morgan fingerprint density at radius 2 is 1.96 bits per heavy atom. The third-order valence-electron chi connectivity index (χ3n) is 6.69. The lowest BCUT2D eigenvalue weighted by molar-refractivity contribution is -0.135. The summed E-state index contributed by atoms with van der Waals surface area (Å²) in [5, 5.41) is 3.18. The van der Waals surface area contributed by atoms with Gasteiger partial charge >= 0.3 is 0 Å². The number of halogens is 2. The number of ether oxygens (including phenoxy) is 1. The Balaban J connectivity index is 1.46. The van der Waals surface area contributed by atoms with E-state index in [0.29, 0.717) is 25.5 Å². The lowest BCUT2D eigenvalue weighted by atomic mass is 9.80. The molecule has 5 unspecified atom stereocenters. The average Bonchev–Trinajstić information content (AvgIpc) is 3.01. The van der Waals surface area contributed by atoms with Gasteiger partial charge in [-0.05, 0) is 50.5 Å². The molecule has 4 rings (SSSR count). The van der Waals surface area contributed by atoms with Crippen molar-refractivity contribution in [3.8, 4) is 0 Å². The first kappa shape index (κ1) is 18.4. The topological polar surface area (TPSA) is 41.6 Å². The van der Waals surface area contributed by atoms with Crippen molar-refractivity contribution in [1.29, 1.82) is 0 Å². The molecule has 2 aliphatic carbocycles. The summed E-state index contributed by atoms with van der Waals surface area (Å²) in [6, 6.07) is 0.338. The van der Waals surface area contributed by atoms with Crippen LogP contribution in [0, 0.1) is 11.8 Å². The largest absolute Gasteiger partial charge is 0.372 e. The van der Waals surface area contributed by atoms with E-state index in [1.54, 1.807) is 6.92 Å². The number of rotatable bonds is 3. The van der Waals surface area contributed by atoms with Gasteiger partial charge in [-0.3, -0.25) is 9.69 Å². The van der Waals surface area contributed by atoms with Gasteiger partial charge in [0.2, 0.25) is 5.91 Å². The molecule has 0 aromatic heterocycles. The predicted octanol–water partition coefficient (Wildman–Crippen LogP) is 3.12. The number of alkyl halides is 2. The van der Waals surface area contributed by atoms with E-state index in [4.69, 9.17) is 4.74 Å². The van der Waals surface area contributed by atoms with E-state index in [1.165, 1.54) is 6.42 Å². The Morgan fingerprint density at radius 3 is 2.69 bits per heavy atom. The zero-order valence-corrected chi connectivity index (χ0v) is 15.5. The highest BCUT2D eigenvalue weighted by Gasteiger charge is 2.47. The van der Waals surface area contributed by atoms with Crippen LogP contribution in [0.2, 0.25) is 0 Å². The fourth-order valence-corrected chi connectivity index (χ4v) is 5.51. The summed E-state index contributed by atoms with van der Waals surface area (Å²) < 4.78 is 34.0. The third kappa shape index (κ3) is 3.31. The van der Waals surface area contributed by atoms with E-state index in [9.17, 15) is 13.6 Å². The molecule has 146 valence electrons. The minimum Gasteiger partial charge on any atom is -0.372 e. The van der Waals surface area contributed by atoms with Gasteiger partial charge in [0.05, 0.1) is 5.92 Å². The molecule has 0 radical (unpaired) electrons. The number of allylic oxidation sites excluding steroid dienone is 1. The number of fused-ring (bicyclic) bond motifs is 3. The molecule has 0 spiro atoms. The molecule has 2 heterocycles. The first-order chi connectivity index (χ1) is 12.6. The number of hydrogen-bond donors (Lipinski definition) is 1. The van der Waals surface area contributed by atoms with Gasteiger partial charge in [-0.25, -0.2) is 8.78 Å². The van der Waals surface area contributed by atoms with Gasteiger partial charge in [-0.1, -0.05) is 18.9 Å². The Kier molecular flexibility index (Phi) is 5.33. The lowest BCUT2D eigenvalue weighted by Gasteiger charge is -2.45. The molecule has 6 heteroatoms. The Bertz CT molecular complexity index is 558. The van der Waals surface area contributed by atoms with Crippen molar-refractivity contribution in [2.24, 2.45) is 11.8 Å². The number of hydrogen-bond acceptors (Lipinski definition) is 3. The van der Waals surface area contributed by atoms with Gasteiger partial charge in [-0.15, -0.1) is 0 Å². The maximum atomic E-state index is 14.4. The number of amides is 1. The first-order valence-electron chi connectivity index (χ1n) is 10.2. The third-order valence-corrected chi connectivity index (χ3v) is 6.69. The molecule has 2 saturated heterocycles. The number of nitrogens with zero attached hydrogens (tertiary/aromatic N) is 1. The first-order valence-corrected chi connectivity index (χ1v) is 10.2. The number of carbonyl (C=O) groups is 1. The van der Waals surface area contributed by atoms with Crippen molar-refractivity contribution < 1.29 is 18.3 Å². The Hall–Kier alpha value is -1.01. The summed E-state index contributed by atoms with van der Waals surface area (Å²) in [4.78, 5) is 14.9. The molecular weight excluding hydrogens is 338 g/mol. The molecule has 4 aliphatic rings. The van der Waals surface area contributed by atoms with Crippen LogP contribution in [0.4, 0.5) is 8.78 Å². The fraction of sp³-hybridized carbons (Fsp3) is 0.850. The standard InChI is InChI=1S/C20H30F2N2O2/c1-2-26-18-15(21)10-12(11-16(18)22)9-13-7-8-24-17-6-4-3-5-14(17)20(25)23-19(13)24/h9,12,14-19H,2-8,10-11H2,1H3,(H,23,25)/b13-9-. The molecule has 5 atom stereocenters. The van der Waals surface area contributed by atoms with Crippen LogP contribution in [0.15, 0.2) is 11.6 Å². The predicted molar refractivity (Wildman–Crippen MR) is 95.0 cm³/mol. The van der Waals surface area contributed by atoms with Crippen molar-refractivity contribution in [3.63, 3.8) is 0 Å². The molecule has 4 fully saturated rings. The maximum absolute atomic E-state index is 14.4. The van der Waals surface area contributed by atoms with Crippen molar-refractivity contribution >= 4 is 5.91 Å². The second-order valence-corrected chi connectivity index (χ2v) is 8.28. The van der Waals surface area contributed by atoms with Crippen molar-refractivity contribution in [1.82, 2.24) is 10.2 Å². The zero-order valence-electron chi connectivity index (χ0n) is 15.5. The molecule has 1 N–H and O–H groups in total. The fourth-order valence-electron chi connectivity index (χ4n) is 5.51. The van der Waals surface area contributed by atoms with Crippen molar-refractivity contribution in [2.45, 2.75) is 82.5 Å². The monoisotopic (exact) mass is 368 g/mol. The van der Waals surface area contributed by atoms with E-state index in [2.05, 4.69) is 16.3 Å². The van der Waals surface area contributed by atoms with Crippen LogP contribution in [-0.4, -0.2) is 54.6 Å². The molecule has 2 saturated carbocycles. The summed E-state index contributed by atoms with van der Waals surface area (Å²) in [5.41, 5.74) is 1.14. The molecule has 4 nitrogen and oxygen atoms in total. The normalized spacial score (nSPS) is 45.3. The van der Waals surface area contributed by atoms with Gasteiger partial charge < -0.3 is 10.1 Å². The average molecular weight is 368 g/mol. The van der Waals surface area contributed by atoms with E-state index < -0.39 is 18.4 Å². The molecule has 0 bridgehead atoms. The van der Waals surface area contributed by atoms with Crippen LogP contribution in [0.25, 0.3) is 0 Å². The smallest absolute Gasteiger partial charge is 0.226 e. The summed E-state index contributed by atoms with van der Waals surface area (Å²) in [5.74, 6) is 0.162. The summed E-state index contributed by atoms with van der Waals surface area (Å²) in [6.45, 7) is 3.04. The van der Waals surface area contributed by atoms with Gasteiger partial charge in [0, 0.05) is 19.2 Å². The van der Waals surface area contributed by atoms with Crippen LogP contribution < -0.4 is 5.32 Å². The highest BCUT2D eigenvalue weighted by Crippen LogP contribution is 2.39. The molecular formula is C20H30F2N2O2. The molecule has 1 amide bonds. The van der Waals surface area contributed by atoms with Gasteiger partial charge in [-0.2, -0.15) is 0 Å².